The van der Waals surface area contributed by atoms with Crippen molar-refractivity contribution in [2.24, 2.45) is 0 Å². The van der Waals surface area contributed by atoms with E-state index in [4.69, 9.17) is 5.11 Å². The molecule has 98 valence electrons. The molecule has 2 rings (SSSR count). The third-order valence-electron chi connectivity index (χ3n) is 2.41. The molecule has 0 radical (unpaired) electrons. The lowest BCUT2D eigenvalue weighted by molar-refractivity contribution is 0.144. The van der Waals surface area contributed by atoms with E-state index in [2.05, 4.69) is 4.74 Å². The first-order valence-electron chi connectivity index (χ1n) is 4.73. The van der Waals surface area contributed by atoms with Gasteiger partial charge in [-0.1, -0.05) is 0 Å². The number of carbonyl (C=O) groups is 1. The largest absolute Gasteiger partial charge is 0.511 e. The van der Waals surface area contributed by atoms with Crippen LogP contribution in [0, 0.1) is 0 Å². The predicted molar refractivity (Wildman–Crippen MR) is 59.2 cm³/mol. The third kappa shape index (κ3) is 2.18. The second-order valence-corrected chi connectivity index (χ2v) is 7.77. The van der Waals surface area contributed by atoms with Crippen LogP contribution in [-0.4, -0.2) is 39.6 Å². The van der Waals surface area contributed by atoms with E-state index in [0.717, 1.165) is 18.2 Å². The summed E-state index contributed by atoms with van der Waals surface area (Å²) in [7, 11) is -7.36. The van der Waals surface area contributed by atoms with Gasteiger partial charge in [0.25, 0.3) is 0 Å². The quantitative estimate of drug-likeness (QED) is 0.584. The molecule has 0 unspecified atom stereocenters. The summed E-state index contributed by atoms with van der Waals surface area (Å²) in [5, 5.41) is 8.41. The molecule has 1 aliphatic heterocycles. The molecule has 9 heteroatoms. The maximum Gasteiger partial charge on any atom is 0.511 e. The normalized spacial score (nSPS) is 19.8. The van der Waals surface area contributed by atoms with Gasteiger partial charge < -0.3 is 9.84 Å². The van der Waals surface area contributed by atoms with Gasteiger partial charge in [-0.15, -0.1) is 0 Å². The van der Waals surface area contributed by atoms with Crippen molar-refractivity contribution >= 4 is 25.8 Å². The molecule has 0 atom stereocenters. The Hall–Kier alpha value is -1.61. The van der Waals surface area contributed by atoms with Crippen LogP contribution in [0.1, 0.15) is 0 Å². The summed E-state index contributed by atoms with van der Waals surface area (Å²) < 4.78 is 51.1. The first kappa shape index (κ1) is 12.8. The fourth-order valence-corrected chi connectivity index (χ4v) is 5.86. The standard InChI is InChI=1S/C9H8O7S2/c10-9(11)16-6-1-2-7-8(5-6)18(14,15)4-3-17(7,12)13/h1-2,5H,3-4H2,(H,10,11). The molecular formula is C9H8O7S2. The molecule has 1 aromatic rings. The number of benzene rings is 1. The molecule has 1 heterocycles. The number of hydrogen-bond acceptors (Lipinski definition) is 6. The summed E-state index contributed by atoms with van der Waals surface area (Å²) in [4.78, 5) is 9.61. The maximum atomic E-state index is 11.7. The highest BCUT2D eigenvalue weighted by molar-refractivity contribution is 7.97. The van der Waals surface area contributed by atoms with E-state index in [0.29, 0.717) is 0 Å². The van der Waals surface area contributed by atoms with Crippen LogP contribution in [0.15, 0.2) is 28.0 Å². The first-order valence-corrected chi connectivity index (χ1v) is 8.03. The topological polar surface area (TPSA) is 115 Å². The Morgan fingerprint density at radius 2 is 1.61 bits per heavy atom. The Balaban J connectivity index is 2.66. The predicted octanol–water partition coefficient (Wildman–Crippen LogP) is 0.304. The van der Waals surface area contributed by atoms with Gasteiger partial charge in [-0.2, -0.15) is 0 Å². The molecule has 18 heavy (non-hydrogen) atoms. The highest BCUT2D eigenvalue weighted by Crippen LogP contribution is 2.31. The van der Waals surface area contributed by atoms with Crippen molar-refractivity contribution in [2.45, 2.75) is 9.79 Å². The third-order valence-corrected chi connectivity index (χ3v) is 6.32. The van der Waals surface area contributed by atoms with Crippen LogP contribution >= 0.6 is 0 Å². The van der Waals surface area contributed by atoms with Gasteiger partial charge in [0.15, 0.2) is 19.7 Å². The number of rotatable bonds is 1. The molecule has 1 N–H and O–H groups in total. The molecule has 1 aromatic carbocycles. The Labute approximate surface area is 103 Å². The van der Waals surface area contributed by atoms with Crippen LogP contribution in [0.25, 0.3) is 0 Å². The molecule has 0 saturated heterocycles. The molecule has 0 fully saturated rings. The van der Waals surface area contributed by atoms with Gasteiger partial charge in [0.05, 0.1) is 21.3 Å². The molecule has 0 saturated carbocycles. The molecule has 0 spiro atoms. The van der Waals surface area contributed by atoms with Crippen LogP contribution in [0.3, 0.4) is 0 Å². The Morgan fingerprint density at radius 3 is 2.17 bits per heavy atom. The van der Waals surface area contributed by atoms with Crippen molar-refractivity contribution < 1.29 is 31.5 Å². The molecule has 0 aromatic heterocycles. The van der Waals surface area contributed by atoms with Gasteiger partial charge in [-0.25, -0.2) is 21.6 Å². The van der Waals surface area contributed by atoms with E-state index in [1.165, 1.54) is 0 Å². The van der Waals surface area contributed by atoms with Crippen molar-refractivity contribution in [2.75, 3.05) is 11.5 Å². The molecule has 0 amide bonds. The van der Waals surface area contributed by atoms with Crippen molar-refractivity contribution in [1.29, 1.82) is 0 Å². The summed E-state index contributed by atoms with van der Waals surface area (Å²) in [6.45, 7) is 0. The van der Waals surface area contributed by atoms with E-state index in [1.807, 2.05) is 0 Å². The van der Waals surface area contributed by atoms with Gasteiger partial charge in [0.1, 0.15) is 5.75 Å². The lowest BCUT2D eigenvalue weighted by atomic mass is 10.3. The zero-order valence-electron chi connectivity index (χ0n) is 8.86. The second kappa shape index (κ2) is 3.95. The lowest BCUT2D eigenvalue weighted by Crippen LogP contribution is -2.25. The monoisotopic (exact) mass is 292 g/mol. The zero-order chi connectivity index (χ0) is 13.6. The van der Waals surface area contributed by atoms with Crippen LogP contribution in [0.2, 0.25) is 0 Å². The second-order valence-electron chi connectivity index (χ2n) is 3.61. The number of sulfone groups is 2. The Kier molecular flexibility index (Phi) is 2.82. The van der Waals surface area contributed by atoms with Gasteiger partial charge in [-0.3, -0.25) is 0 Å². The summed E-state index contributed by atoms with van der Waals surface area (Å²) in [5.74, 6) is -1.22. The molecular weight excluding hydrogens is 284 g/mol. The van der Waals surface area contributed by atoms with Crippen molar-refractivity contribution in [3.63, 3.8) is 0 Å². The molecule has 7 nitrogen and oxygen atoms in total. The number of carboxylic acid groups (broad SMARTS) is 1. The average Bonchev–Trinajstić information content (AvgIpc) is 2.24. The Bertz CT molecular complexity index is 715. The first-order chi connectivity index (χ1) is 8.22. The van der Waals surface area contributed by atoms with E-state index in [1.54, 1.807) is 0 Å². The van der Waals surface area contributed by atoms with Crippen LogP contribution in [-0.2, 0) is 19.7 Å². The van der Waals surface area contributed by atoms with Gasteiger partial charge in [0.2, 0.25) is 0 Å². The number of hydrogen-bond donors (Lipinski definition) is 1. The summed E-state index contributed by atoms with van der Waals surface area (Å²) >= 11 is 0. The molecule has 0 bridgehead atoms. The highest BCUT2D eigenvalue weighted by atomic mass is 32.2. The summed E-state index contributed by atoms with van der Waals surface area (Å²) in [5.41, 5.74) is 0. The Morgan fingerprint density at radius 1 is 1.06 bits per heavy atom. The maximum absolute atomic E-state index is 11.7. The minimum Gasteiger partial charge on any atom is -0.449 e. The summed E-state index contributed by atoms with van der Waals surface area (Å²) in [6, 6.07) is 3.06. The van der Waals surface area contributed by atoms with Gasteiger partial charge in [-0.05, 0) is 12.1 Å². The minimum absolute atomic E-state index is 0.234. The average molecular weight is 292 g/mol. The van der Waals surface area contributed by atoms with Crippen molar-refractivity contribution in [1.82, 2.24) is 0 Å². The van der Waals surface area contributed by atoms with Crippen LogP contribution in [0.4, 0.5) is 4.79 Å². The van der Waals surface area contributed by atoms with E-state index in [9.17, 15) is 21.6 Å². The fourth-order valence-electron chi connectivity index (χ4n) is 1.59. The molecule has 1 aliphatic rings. The SMILES string of the molecule is O=C(O)Oc1ccc2c(c1)S(=O)(=O)CCS2(=O)=O. The minimum atomic E-state index is -3.72. The summed E-state index contributed by atoms with van der Waals surface area (Å²) in [6.07, 6.45) is -1.61. The number of fused-ring (bicyclic) bond motifs is 1. The van der Waals surface area contributed by atoms with Gasteiger partial charge >= 0.3 is 6.16 Å². The van der Waals surface area contributed by atoms with Crippen LogP contribution in [0.5, 0.6) is 5.75 Å². The van der Waals surface area contributed by atoms with Gasteiger partial charge in [0, 0.05) is 6.07 Å². The van der Waals surface area contributed by atoms with Crippen molar-refractivity contribution in [3.8, 4) is 5.75 Å². The van der Waals surface area contributed by atoms with Crippen LogP contribution < -0.4 is 4.74 Å². The number of ether oxygens (including phenoxy) is 1. The smallest absolute Gasteiger partial charge is 0.449 e. The van der Waals surface area contributed by atoms with E-state index in [-0.39, 0.29) is 10.6 Å². The molecule has 0 aliphatic carbocycles. The van der Waals surface area contributed by atoms with E-state index < -0.39 is 42.2 Å². The highest BCUT2D eigenvalue weighted by Gasteiger charge is 2.33. The lowest BCUT2D eigenvalue weighted by Gasteiger charge is -2.16. The zero-order valence-corrected chi connectivity index (χ0v) is 10.5. The van der Waals surface area contributed by atoms with Crippen molar-refractivity contribution in [3.05, 3.63) is 18.2 Å². The van der Waals surface area contributed by atoms with E-state index >= 15 is 0 Å². The fraction of sp³-hybridized carbons (Fsp3) is 0.222.